The van der Waals surface area contributed by atoms with Crippen LogP contribution in [0.25, 0.3) is 0 Å². The molecule has 0 saturated heterocycles. The molecule has 1 aromatic heterocycles. The molecule has 0 aliphatic heterocycles. The SMILES string of the molecule is CCSCC(NC)c1cnn(CC)c1. The van der Waals surface area contributed by atoms with E-state index in [9.17, 15) is 0 Å². The quantitative estimate of drug-likeness (QED) is 0.783. The summed E-state index contributed by atoms with van der Waals surface area (Å²) in [5, 5.41) is 7.60. The molecule has 1 heterocycles. The summed E-state index contributed by atoms with van der Waals surface area (Å²) in [4.78, 5) is 0. The van der Waals surface area contributed by atoms with Crippen molar-refractivity contribution in [3.63, 3.8) is 0 Å². The number of rotatable bonds is 6. The van der Waals surface area contributed by atoms with Crippen molar-refractivity contribution in [2.24, 2.45) is 0 Å². The normalized spacial score (nSPS) is 13.1. The molecular weight excluding hydrogens is 194 g/mol. The van der Waals surface area contributed by atoms with Crippen LogP contribution in [-0.2, 0) is 6.54 Å². The van der Waals surface area contributed by atoms with Gasteiger partial charge in [-0.2, -0.15) is 16.9 Å². The van der Waals surface area contributed by atoms with Crippen molar-refractivity contribution < 1.29 is 0 Å². The van der Waals surface area contributed by atoms with Gasteiger partial charge in [0, 0.05) is 30.1 Å². The Morgan fingerprint density at radius 3 is 2.86 bits per heavy atom. The van der Waals surface area contributed by atoms with Gasteiger partial charge in [0.15, 0.2) is 0 Å². The Balaban J connectivity index is 2.58. The van der Waals surface area contributed by atoms with Crippen molar-refractivity contribution in [1.29, 1.82) is 0 Å². The Morgan fingerprint density at radius 1 is 1.57 bits per heavy atom. The first-order valence-corrected chi connectivity index (χ1v) is 6.24. The zero-order chi connectivity index (χ0) is 10.4. The fourth-order valence-electron chi connectivity index (χ4n) is 1.31. The first kappa shape index (κ1) is 11.6. The molecular formula is C10H19N3S. The predicted molar refractivity (Wildman–Crippen MR) is 62.7 cm³/mol. The summed E-state index contributed by atoms with van der Waals surface area (Å²) in [5.74, 6) is 2.28. The van der Waals surface area contributed by atoms with Crippen LogP contribution >= 0.6 is 11.8 Å². The van der Waals surface area contributed by atoms with E-state index in [4.69, 9.17) is 0 Å². The number of thioether (sulfide) groups is 1. The summed E-state index contributed by atoms with van der Waals surface area (Å²) >= 11 is 1.95. The Bertz CT molecular complexity index is 260. The highest BCUT2D eigenvalue weighted by molar-refractivity contribution is 7.99. The summed E-state index contributed by atoms with van der Waals surface area (Å²) in [6, 6.07) is 0.431. The number of aryl methyl sites for hydroxylation is 1. The minimum absolute atomic E-state index is 0.431. The zero-order valence-corrected chi connectivity index (χ0v) is 9.97. The summed E-state index contributed by atoms with van der Waals surface area (Å²) < 4.78 is 1.97. The van der Waals surface area contributed by atoms with Gasteiger partial charge in [-0.25, -0.2) is 0 Å². The molecule has 0 spiro atoms. The molecule has 0 radical (unpaired) electrons. The van der Waals surface area contributed by atoms with E-state index < -0.39 is 0 Å². The van der Waals surface area contributed by atoms with Crippen molar-refractivity contribution in [2.75, 3.05) is 18.6 Å². The highest BCUT2D eigenvalue weighted by atomic mass is 32.2. The third-order valence-corrected chi connectivity index (χ3v) is 3.19. The van der Waals surface area contributed by atoms with Gasteiger partial charge < -0.3 is 5.32 Å². The number of hydrogen-bond donors (Lipinski definition) is 1. The number of nitrogens with one attached hydrogen (secondary N) is 1. The van der Waals surface area contributed by atoms with Crippen LogP contribution in [-0.4, -0.2) is 28.3 Å². The van der Waals surface area contributed by atoms with Gasteiger partial charge in [-0.15, -0.1) is 0 Å². The van der Waals surface area contributed by atoms with Crippen LogP contribution in [0.4, 0.5) is 0 Å². The summed E-state index contributed by atoms with van der Waals surface area (Å²) in [6.45, 7) is 5.23. The van der Waals surface area contributed by atoms with E-state index in [1.165, 1.54) is 11.3 Å². The van der Waals surface area contributed by atoms with Crippen LogP contribution in [0, 0.1) is 0 Å². The van der Waals surface area contributed by atoms with Crippen molar-refractivity contribution in [3.05, 3.63) is 18.0 Å². The summed E-state index contributed by atoms with van der Waals surface area (Å²) in [7, 11) is 2.00. The fourth-order valence-corrected chi connectivity index (χ4v) is 2.14. The van der Waals surface area contributed by atoms with Gasteiger partial charge in [0.2, 0.25) is 0 Å². The Hall–Kier alpha value is -0.480. The second-order valence-corrected chi connectivity index (χ2v) is 4.45. The summed E-state index contributed by atoms with van der Waals surface area (Å²) in [5.41, 5.74) is 1.29. The van der Waals surface area contributed by atoms with Crippen LogP contribution in [0.2, 0.25) is 0 Å². The smallest absolute Gasteiger partial charge is 0.0537 e. The topological polar surface area (TPSA) is 29.9 Å². The van der Waals surface area contributed by atoms with Gasteiger partial charge in [-0.3, -0.25) is 4.68 Å². The molecule has 0 aliphatic carbocycles. The highest BCUT2D eigenvalue weighted by Gasteiger charge is 2.10. The van der Waals surface area contributed by atoms with Crippen molar-refractivity contribution >= 4 is 11.8 Å². The second kappa shape index (κ2) is 6.09. The third-order valence-electron chi connectivity index (χ3n) is 2.22. The predicted octanol–water partition coefficient (Wildman–Crippen LogP) is 1.92. The molecule has 0 aromatic carbocycles. The molecule has 0 saturated carbocycles. The van der Waals surface area contributed by atoms with E-state index in [-0.39, 0.29) is 0 Å². The molecule has 1 aromatic rings. The van der Waals surface area contributed by atoms with Crippen LogP contribution in [0.1, 0.15) is 25.5 Å². The average molecular weight is 213 g/mol. The molecule has 3 nitrogen and oxygen atoms in total. The lowest BCUT2D eigenvalue weighted by Gasteiger charge is -2.12. The van der Waals surface area contributed by atoms with Gasteiger partial charge in [-0.1, -0.05) is 6.92 Å². The van der Waals surface area contributed by atoms with Gasteiger partial charge in [0.05, 0.1) is 6.20 Å². The molecule has 0 fully saturated rings. The third kappa shape index (κ3) is 3.03. The Kier molecular flexibility index (Phi) is 5.04. The second-order valence-electron chi connectivity index (χ2n) is 3.13. The van der Waals surface area contributed by atoms with E-state index in [2.05, 4.69) is 30.5 Å². The van der Waals surface area contributed by atoms with Crippen LogP contribution in [0.15, 0.2) is 12.4 Å². The van der Waals surface area contributed by atoms with E-state index in [0.717, 1.165) is 12.3 Å². The maximum absolute atomic E-state index is 4.28. The van der Waals surface area contributed by atoms with Crippen molar-refractivity contribution in [2.45, 2.75) is 26.4 Å². The maximum Gasteiger partial charge on any atom is 0.0537 e. The minimum Gasteiger partial charge on any atom is -0.312 e. The molecule has 0 bridgehead atoms. The minimum atomic E-state index is 0.431. The largest absolute Gasteiger partial charge is 0.312 e. The van der Waals surface area contributed by atoms with Gasteiger partial charge in [-0.05, 0) is 19.7 Å². The molecule has 4 heteroatoms. The molecule has 14 heavy (non-hydrogen) atoms. The van der Waals surface area contributed by atoms with Crippen molar-refractivity contribution in [1.82, 2.24) is 15.1 Å². The van der Waals surface area contributed by atoms with Crippen LogP contribution < -0.4 is 5.32 Å². The average Bonchev–Trinajstić information content (AvgIpc) is 2.68. The van der Waals surface area contributed by atoms with E-state index in [1.807, 2.05) is 29.7 Å². The van der Waals surface area contributed by atoms with Gasteiger partial charge in [0.25, 0.3) is 0 Å². The molecule has 1 atom stereocenters. The molecule has 1 N–H and O–H groups in total. The number of aromatic nitrogens is 2. The fraction of sp³-hybridized carbons (Fsp3) is 0.700. The van der Waals surface area contributed by atoms with Crippen molar-refractivity contribution in [3.8, 4) is 0 Å². The lowest BCUT2D eigenvalue weighted by atomic mass is 10.2. The Labute approximate surface area is 90.3 Å². The van der Waals surface area contributed by atoms with Gasteiger partial charge in [0.1, 0.15) is 0 Å². The van der Waals surface area contributed by atoms with E-state index >= 15 is 0 Å². The van der Waals surface area contributed by atoms with Crippen LogP contribution in [0.5, 0.6) is 0 Å². The van der Waals surface area contributed by atoms with Crippen LogP contribution in [0.3, 0.4) is 0 Å². The van der Waals surface area contributed by atoms with Gasteiger partial charge >= 0.3 is 0 Å². The molecule has 1 unspecified atom stereocenters. The summed E-state index contributed by atoms with van der Waals surface area (Å²) in [6.07, 6.45) is 4.08. The molecule has 0 amide bonds. The monoisotopic (exact) mass is 213 g/mol. The Morgan fingerprint density at radius 2 is 2.36 bits per heavy atom. The van der Waals surface area contributed by atoms with E-state index in [0.29, 0.717) is 6.04 Å². The standard InChI is InChI=1S/C10H19N3S/c1-4-13-7-9(6-12-13)10(11-3)8-14-5-2/h6-7,10-11H,4-5,8H2,1-3H3. The lowest BCUT2D eigenvalue weighted by molar-refractivity contribution is 0.645. The highest BCUT2D eigenvalue weighted by Crippen LogP contribution is 2.17. The first-order chi connectivity index (χ1) is 6.81. The number of hydrogen-bond acceptors (Lipinski definition) is 3. The maximum atomic E-state index is 4.28. The molecule has 80 valence electrons. The molecule has 1 rings (SSSR count). The number of nitrogens with zero attached hydrogens (tertiary/aromatic N) is 2. The first-order valence-electron chi connectivity index (χ1n) is 5.09. The lowest BCUT2D eigenvalue weighted by Crippen LogP contribution is -2.18. The zero-order valence-electron chi connectivity index (χ0n) is 9.16. The van der Waals surface area contributed by atoms with E-state index in [1.54, 1.807) is 0 Å². The molecule has 0 aliphatic rings.